The molecule has 2 aromatic rings. The number of amides is 1. The van der Waals surface area contributed by atoms with Gasteiger partial charge in [-0.15, -0.1) is 0 Å². The first-order valence-corrected chi connectivity index (χ1v) is 7.24. The highest BCUT2D eigenvalue weighted by Gasteiger charge is 2.13. The van der Waals surface area contributed by atoms with Gasteiger partial charge in [-0.2, -0.15) is 0 Å². The number of hydrogen-bond donors (Lipinski definition) is 4. The number of fused-ring (bicyclic) bond motifs is 1. The highest BCUT2D eigenvalue weighted by molar-refractivity contribution is 5.78. The molecule has 1 aromatic carbocycles. The van der Waals surface area contributed by atoms with Crippen molar-refractivity contribution in [1.82, 2.24) is 20.6 Å². The van der Waals surface area contributed by atoms with Gasteiger partial charge in [-0.05, 0) is 38.1 Å². The molecule has 0 radical (unpaired) electrons. The van der Waals surface area contributed by atoms with Crippen LogP contribution < -0.4 is 16.3 Å². The second kappa shape index (κ2) is 6.58. The second-order valence-corrected chi connectivity index (χ2v) is 5.34. The van der Waals surface area contributed by atoms with Crippen molar-refractivity contribution in [3.8, 4) is 0 Å². The Kier molecular flexibility index (Phi) is 4.80. The molecule has 0 aliphatic rings. The van der Waals surface area contributed by atoms with E-state index < -0.39 is 0 Å². The summed E-state index contributed by atoms with van der Waals surface area (Å²) < 4.78 is 0. The summed E-state index contributed by atoms with van der Waals surface area (Å²) in [6.07, 6.45) is 0.446. The number of benzene rings is 1. The van der Waals surface area contributed by atoms with Gasteiger partial charge in [-0.3, -0.25) is 4.79 Å². The maximum atomic E-state index is 12.0. The van der Waals surface area contributed by atoms with Crippen LogP contribution in [-0.2, 0) is 4.79 Å². The maximum absolute atomic E-state index is 12.0. The van der Waals surface area contributed by atoms with Crippen molar-refractivity contribution in [1.29, 1.82) is 0 Å². The normalized spacial score (nSPS) is 14.0. The molecule has 1 amide bonds. The number of nitrogens with one attached hydrogen (secondary N) is 4. The van der Waals surface area contributed by atoms with Gasteiger partial charge in [-0.1, -0.05) is 13.0 Å². The molecule has 0 aliphatic heterocycles. The van der Waals surface area contributed by atoms with Crippen molar-refractivity contribution >= 4 is 16.9 Å². The molecule has 1 aromatic heterocycles. The third-order valence-electron chi connectivity index (χ3n) is 3.46. The summed E-state index contributed by atoms with van der Waals surface area (Å²) in [5.41, 5.74) is 2.25. The Bertz CT molecular complexity index is 674. The fourth-order valence-corrected chi connectivity index (χ4v) is 2.40. The first-order valence-electron chi connectivity index (χ1n) is 7.24. The quantitative estimate of drug-likeness (QED) is 0.648. The van der Waals surface area contributed by atoms with E-state index in [1.54, 1.807) is 0 Å². The first-order chi connectivity index (χ1) is 9.99. The lowest BCUT2D eigenvalue weighted by atomic mass is 10.1. The van der Waals surface area contributed by atoms with Gasteiger partial charge in [0.2, 0.25) is 5.91 Å². The van der Waals surface area contributed by atoms with Crippen LogP contribution in [0.15, 0.2) is 23.0 Å². The third-order valence-corrected chi connectivity index (χ3v) is 3.46. The summed E-state index contributed by atoms with van der Waals surface area (Å²) in [6.45, 7) is 6.79. The smallest absolute Gasteiger partial charge is 0.323 e. The average Bonchev–Trinajstić information content (AvgIpc) is 2.77. The van der Waals surface area contributed by atoms with E-state index in [2.05, 4.69) is 20.6 Å². The minimum Gasteiger partial charge on any atom is -0.350 e. The topological polar surface area (TPSA) is 89.8 Å². The van der Waals surface area contributed by atoms with Crippen molar-refractivity contribution in [2.75, 3.05) is 6.54 Å². The summed E-state index contributed by atoms with van der Waals surface area (Å²) in [6, 6.07) is 5.68. The number of H-pyrrole nitrogens is 2. The van der Waals surface area contributed by atoms with Crippen molar-refractivity contribution in [2.24, 2.45) is 0 Å². The lowest BCUT2D eigenvalue weighted by Gasteiger charge is -2.17. The molecule has 0 fully saturated rings. The minimum atomic E-state index is -0.224. The number of carbonyl (C=O) groups is 1. The Morgan fingerprint density at radius 3 is 2.67 bits per heavy atom. The van der Waals surface area contributed by atoms with E-state index in [0.717, 1.165) is 23.1 Å². The van der Waals surface area contributed by atoms with Gasteiger partial charge in [0.15, 0.2) is 0 Å². The zero-order valence-electron chi connectivity index (χ0n) is 12.6. The standard InChI is InChI=1S/C15H22N4O2/c1-4-16-9(2)7-14(20)17-10(3)11-5-6-12-13(8-11)19-15(21)18-12/h5-6,8-10,16H,4,7H2,1-3H3,(H,17,20)(H2,18,19,21). The molecule has 114 valence electrons. The van der Waals surface area contributed by atoms with Gasteiger partial charge in [0, 0.05) is 12.5 Å². The lowest BCUT2D eigenvalue weighted by molar-refractivity contribution is -0.122. The predicted octanol–water partition coefficient (Wildman–Crippen LogP) is 1.42. The Morgan fingerprint density at radius 1 is 1.24 bits per heavy atom. The largest absolute Gasteiger partial charge is 0.350 e. The van der Waals surface area contributed by atoms with Gasteiger partial charge in [0.05, 0.1) is 17.1 Å². The summed E-state index contributed by atoms with van der Waals surface area (Å²) in [5.74, 6) is 0.0126. The van der Waals surface area contributed by atoms with Crippen LogP contribution in [0, 0.1) is 0 Å². The van der Waals surface area contributed by atoms with Crippen LogP contribution in [-0.4, -0.2) is 28.5 Å². The first kappa shape index (κ1) is 15.3. The molecule has 1 heterocycles. The molecule has 4 N–H and O–H groups in total. The molecule has 2 unspecified atom stereocenters. The number of imidazole rings is 1. The molecule has 6 heteroatoms. The average molecular weight is 290 g/mol. The van der Waals surface area contributed by atoms with Crippen LogP contribution in [0.2, 0.25) is 0 Å². The van der Waals surface area contributed by atoms with Crippen molar-refractivity contribution in [2.45, 2.75) is 39.3 Å². The maximum Gasteiger partial charge on any atom is 0.323 e. The number of carbonyl (C=O) groups excluding carboxylic acids is 1. The van der Waals surface area contributed by atoms with Crippen molar-refractivity contribution < 1.29 is 4.79 Å². The van der Waals surface area contributed by atoms with Gasteiger partial charge >= 0.3 is 5.69 Å². The van der Waals surface area contributed by atoms with Gasteiger partial charge in [0.1, 0.15) is 0 Å². The number of aromatic amines is 2. The molecule has 0 spiro atoms. The molecule has 2 atom stereocenters. The lowest BCUT2D eigenvalue weighted by Crippen LogP contribution is -2.34. The number of hydrogen-bond acceptors (Lipinski definition) is 3. The van der Waals surface area contributed by atoms with E-state index in [0.29, 0.717) is 6.42 Å². The highest BCUT2D eigenvalue weighted by Crippen LogP contribution is 2.17. The Labute approximate surface area is 123 Å². The Balaban J connectivity index is 2.02. The monoisotopic (exact) mass is 290 g/mol. The fraction of sp³-hybridized carbons (Fsp3) is 0.467. The number of aromatic nitrogens is 2. The molecule has 0 aliphatic carbocycles. The molecule has 6 nitrogen and oxygen atoms in total. The summed E-state index contributed by atoms with van der Waals surface area (Å²) in [5, 5.41) is 6.19. The van der Waals surface area contributed by atoms with Gasteiger partial charge in [0.25, 0.3) is 0 Å². The summed E-state index contributed by atoms with van der Waals surface area (Å²) in [7, 11) is 0. The van der Waals surface area contributed by atoms with E-state index in [9.17, 15) is 9.59 Å². The van der Waals surface area contributed by atoms with E-state index >= 15 is 0 Å². The van der Waals surface area contributed by atoms with E-state index in [1.807, 2.05) is 39.0 Å². The second-order valence-electron chi connectivity index (χ2n) is 5.34. The van der Waals surface area contributed by atoms with E-state index in [-0.39, 0.29) is 23.7 Å². The Hall–Kier alpha value is -2.08. The van der Waals surface area contributed by atoms with Gasteiger partial charge in [-0.25, -0.2) is 4.79 Å². The highest BCUT2D eigenvalue weighted by atomic mass is 16.1. The van der Waals surface area contributed by atoms with E-state index in [1.165, 1.54) is 0 Å². The summed E-state index contributed by atoms with van der Waals surface area (Å²) in [4.78, 5) is 28.6. The van der Waals surface area contributed by atoms with Crippen LogP contribution in [0.25, 0.3) is 11.0 Å². The Morgan fingerprint density at radius 2 is 1.95 bits per heavy atom. The molecule has 2 rings (SSSR count). The van der Waals surface area contributed by atoms with Crippen LogP contribution in [0.1, 0.15) is 38.8 Å². The molecule has 0 saturated carbocycles. The van der Waals surface area contributed by atoms with Crippen LogP contribution in [0.3, 0.4) is 0 Å². The van der Waals surface area contributed by atoms with Crippen LogP contribution in [0.4, 0.5) is 0 Å². The molecular weight excluding hydrogens is 268 g/mol. The van der Waals surface area contributed by atoms with Crippen molar-refractivity contribution in [3.05, 3.63) is 34.2 Å². The zero-order chi connectivity index (χ0) is 15.4. The number of rotatable bonds is 6. The molecule has 0 bridgehead atoms. The zero-order valence-corrected chi connectivity index (χ0v) is 12.6. The minimum absolute atomic E-state index is 0.0126. The summed E-state index contributed by atoms with van der Waals surface area (Å²) >= 11 is 0. The molecule has 0 saturated heterocycles. The molecule has 21 heavy (non-hydrogen) atoms. The third kappa shape index (κ3) is 3.95. The van der Waals surface area contributed by atoms with E-state index in [4.69, 9.17) is 0 Å². The molecular formula is C15H22N4O2. The van der Waals surface area contributed by atoms with Crippen LogP contribution in [0.5, 0.6) is 0 Å². The fourth-order valence-electron chi connectivity index (χ4n) is 2.40. The SMILES string of the molecule is CCNC(C)CC(=O)NC(C)c1ccc2[nH]c(=O)[nH]c2c1. The predicted molar refractivity (Wildman–Crippen MR) is 83.2 cm³/mol. The van der Waals surface area contributed by atoms with Crippen molar-refractivity contribution in [3.63, 3.8) is 0 Å². The van der Waals surface area contributed by atoms with Gasteiger partial charge < -0.3 is 20.6 Å². The van der Waals surface area contributed by atoms with Crippen LogP contribution >= 0.6 is 0 Å².